The Bertz CT molecular complexity index is 581. The summed E-state index contributed by atoms with van der Waals surface area (Å²) in [6.07, 6.45) is 1.55. The van der Waals surface area contributed by atoms with Crippen LogP contribution in [0.2, 0.25) is 0 Å². The summed E-state index contributed by atoms with van der Waals surface area (Å²) in [6, 6.07) is 9.65. The number of piperazine rings is 1. The minimum absolute atomic E-state index is 0.566. The van der Waals surface area contributed by atoms with Gasteiger partial charge in [-0.05, 0) is 24.3 Å². The van der Waals surface area contributed by atoms with Crippen molar-refractivity contribution in [3.63, 3.8) is 0 Å². The topological polar surface area (TPSA) is 62.3 Å². The van der Waals surface area contributed by atoms with Gasteiger partial charge in [0.1, 0.15) is 17.9 Å². The highest BCUT2D eigenvalue weighted by molar-refractivity contribution is 5.47. The molecule has 3 rings (SSSR count). The fourth-order valence-electron chi connectivity index (χ4n) is 2.26. The van der Waals surface area contributed by atoms with Crippen molar-refractivity contribution in [3.8, 4) is 11.6 Å². The molecule has 2 aromatic rings. The number of rotatable bonds is 4. The Morgan fingerprint density at radius 1 is 1.14 bits per heavy atom. The van der Waals surface area contributed by atoms with Gasteiger partial charge in [0.15, 0.2) is 0 Å². The molecule has 21 heavy (non-hydrogen) atoms. The summed E-state index contributed by atoms with van der Waals surface area (Å²) in [7, 11) is 1.89. The molecule has 0 saturated carbocycles. The van der Waals surface area contributed by atoms with Gasteiger partial charge in [0.05, 0.1) is 0 Å². The van der Waals surface area contributed by atoms with Gasteiger partial charge in [0, 0.05) is 45.0 Å². The van der Waals surface area contributed by atoms with Gasteiger partial charge in [-0.3, -0.25) is 0 Å². The average Bonchev–Trinajstić information content (AvgIpc) is 2.57. The number of nitrogens with one attached hydrogen (secondary N) is 2. The Labute approximate surface area is 124 Å². The van der Waals surface area contributed by atoms with Crippen molar-refractivity contribution in [2.45, 2.75) is 0 Å². The fraction of sp³-hybridized carbons (Fsp3) is 0.333. The van der Waals surface area contributed by atoms with Crippen LogP contribution in [-0.4, -0.2) is 43.2 Å². The highest BCUT2D eigenvalue weighted by atomic mass is 16.5. The van der Waals surface area contributed by atoms with Gasteiger partial charge in [-0.15, -0.1) is 0 Å². The van der Waals surface area contributed by atoms with E-state index in [1.165, 1.54) is 0 Å². The number of hydrogen-bond donors (Lipinski definition) is 2. The van der Waals surface area contributed by atoms with Gasteiger partial charge in [-0.25, -0.2) is 9.97 Å². The van der Waals surface area contributed by atoms with Crippen LogP contribution in [0, 0.1) is 0 Å². The highest BCUT2D eigenvalue weighted by Crippen LogP contribution is 2.23. The fourth-order valence-corrected chi connectivity index (χ4v) is 2.26. The van der Waals surface area contributed by atoms with Crippen LogP contribution in [0.15, 0.2) is 36.7 Å². The molecular weight excluding hydrogens is 266 g/mol. The van der Waals surface area contributed by atoms with E-state index in [1.807, 2.05) is 37.4 Å². The standard InChI is InChI=1S/C15H19N5O/c1-16-12-2-4-13(5-3-12)21-15-10-14(18-11-19-15)20-8-6-17-7-9-20/h2-5,10-11,16-17H,6-9H2,1H3. The molecule has 1 aliphatic heterocycles. The summed E-state index contributed by atoms with van der Waals surface area (Å²) in [6.45, 7) is 3.86. The molecule has 1 aromatic heterocycles. The molecule has 2 N–H and O–H groups in total. The lowest BCUT2D eigenvalue weighted by Crippen LogP contribution is -2.43. The van der Waals surface area contributed by atoms with Crippen LogP contribution in [-0.2, 0) is 0 Å². The number of benzene rings is 1. The van der Waals surface area contributed by atoms with Crippen LogP contribution < -0.4 is 20.3 Å². The second-order valence-corrected chi connectivity index (χ2v) is 4.83. The van der Waals surface area contributed by atoms with Crippen molar-refractivity contribution in [2.75, 3.05) is 43.4 Å². The minimum Gasteiger partial charge on any atom is -0.439 e. The largest absolute Gasteiger partial charge is 0.439 e. The normalized spacial score (nSPS) is 14.8. The monoisotopic (exact) mass is 285 g/mol. The summed E-state index contributed by atoms with van der Waals surface area (Å²) in [5.41, 5.74) is 1.05. The Morgan fingerprint density at radius 2 is 1.90 bits per heavy atom. The van der Waals surface area contributed by atoms with Crippen molar-refractivity contribution in [2.24, 2.45) is 0 Å². The molecule has 2 heterocycles. The third-order valence-electron chi connectivity index (χ3n) is 3.43. The zero-order valence-corrected chi connectivity index (χ0v) is 12.0. The van der Waals surface area contributed by atoms with Crippen LogP contribution in [0.25, 0.3) is 0 Å². The first-order valence-corrected chi connectivity index (χ1v) is 7.08. The lowest BCUT2D eigenvalue weighted by atomic mass is 10.3. The smallest absolute Gasteiger partial charge is 0.224 e. The zero-order valence-electron chi connectivity index (χ0n) is 12.0. The second-order valence-electron chi connectivity index (χ2n) is 4.83. The van der Waals surface area contributed by atoms with Crippen molar-refractivity contribution in [1.82, 2.24) is 15.3 Å². The van der Waals surface area contributed by atoms with Crippen molar-refractivity contribution < 1.29 is 4.74 Å². The maximum atomic E-state index is 5.79. The maximum absolute atomic E-state index is 5.79. The number of ether oxygens (including phenoxy) is 1. The third-order valence-corrected chi connectivity index (χ3v) is 3.43. The van der Waals surface area contributed by atoms with Crippen LogP contribution in [0.5, 0.6) is 11.6 Å². The average molecular weight is 285 g/mol. The Kier molecular flexibility index (Phi) is 4.16. The maximum Gasteiger partial charge on any atom is 0.224 e. The molecular formula is C15H19N5O. The molecule has 0 spiro atoms. The summed E-state index contributed by atoms with van der Waals surface area (Å²) in [4.78, 5) is 10.7. The van der Waals surface area contributed by atoms with Gasteiger partial charge in [-0.1, -0.05) is 0 Å². The minimum atomic E-state index is 0.566. The van der Waals surface area contributed by atoms with E-state index in [-0.39, 0.29) is 0 Å². The molecule has 0 unspecified atom stereocenters. The summed E-state index contributed by atoms with van der Waals surface area (Å²) in [5, 5.41) is 6.40. The summed E-state index contributed by atoms with van der Waals surface area (Å²) < 4.78 is 5.79. The van der Waals surface area contributed by atoms with Crippen molar-refractivity contribution in [3.05, 3.63) is 36.7 Å². The Balaban J connectivity index is 1.72. The summed E-state index contributed by atoms with van der Waals surface area (Å²) in [5.74, 6) is 2.24. The molecule has 0 amide bonds. The molecule has 1 fully saturated rings. The van der Waals surface area contributed by atoms with E-state index in [0.717, 1.165) is 43.4 Å². The highest BCUT2D eigenvalue weighted by Gasteiger charge is 2.12. The molecule has 0 bridgehead atoms. The molecule has 0 atom stereocenters. The first kappa shape index (κ1) is 13.6. The predicted molar refractivity (Wildman–Crippen MR) is 83.2 cm³/mol. The molecule has 1 aromatic carbocycles. The van der Waals surface area contributed by atoms with Gasteiger partial charge in [-0.2, -0.15) is 0 Å². The van der Waals surface area contributed by atoms with Crippen LogP contribution in [0.1, 0.15) is 0 Å². The first-order chi connectivity index (χ1) is 10.3. The molecule has 6 nitrogen and oxygen atoms in total. The lowest BCUT2D eigenvalue weighted by molar-refractivity contribution is 0.461. The SMILES string of the molecule is CNc1ccc(Oc2cc(N3CCNCC3)ncn2)cc1. The number of aromatic nitrogens is 2. The van der Waals surface area contributed by atoms with E-state index in [4.69, 9.17) is 4.74 Å². The van der Waals surface area contributed by atoms with Crippen molar-refractivity contribution >= 4 is 11.5 Å². The molecule has 110 valence electrons. The van der Waals surface area contributed by atoms with E-state index < -0.39 is 0 Å². The quantitative estimate of drug-likeness (QED) is 0.892. The van der Waals surface area contributed by atoms with Gasteiger partial charge < -0.3 is 20.3 Å². The van der Waals surface area contributed by atoms with Gasteiger partial charge >= 0.3 is 0 Å². The molecule has 0 aliphatic carbocycles. The van der Waals surface area contributed by atoms with E-state index in [2.05, 4.69) is 25.5 Å². The van der Waals surface area contributed by atoms with Crippen LogP contribution in [0.4, 0.5) is 11.5 Å². The summed E-state index contributed by atoms with van der Waals surface area (Å²) >= 11 is 0. The van der Waals surface area contributed by atoms with E-state index in [9.17, 15) is 0 Å². The van der Waals surface area contributed by atoms with Crippen molar-refractivity contribution in [1.29, 1.82) is 0 Å². The van der Waals surface area contributed by atoms with E-state index >= 15 is 0 Å². The first-order valence-electron chi connectivity index (χ1n) is 7.08. The van der Waals surface area contributed by atoms with E-state index in [1.54, 1.807) is 6.33 Å². The second kappa shape index (κ2) is 6.41. The lowest BCUT2D eigenvalue weighted by Gasteiger charge is -2.28. The van der Waals surface area contributed by atoms with E-state index in [0.29, 0.717) is 5.88 Å². The van der Waals surface area contributed by atoms with Crippen LogP contribution in [0.3, 0.4) is 0 Å². The Morgan fingerprint density at radius 3 is 2.62 bits per heavy atom. The molecule has 0 radical (unpaired) electrons. The number of anilines is 2. The Hall–Kier alpha value is -2.34. The predicted octanol–water partition coefficient (Wildman–Crippen LogP) is 1.72. The van der Waals surface area contributed by atoms with Gasteiger partial charge in [0.25, 0.3) is 0 Å². The van der Waals surface area contributed by atoms with Crippen LogP contribution >= 0.6 is 0 Å². The molecule has 6 heteroatoms. The number of nitrogens with zero attached hydrogens (tertiary/aromatic N) is 3. The third kappa shape index (κ3) is 3.41. The zero-order chi connectivity index (χ0) is 14.5. The van der Waals surface area contributed by atoms with Gasteiger partial charge in [0.2, 0.25) is 5.88 Å². The molecule has 1 saturated heterocycles. The molecule has 1 aliphatic rings. The number of hydrogen-bond acceptors (Lipinski definition) is 6.